The number of alkyl halides is 1. The Kier molecular flexibility index (Phi) is 6.22. The summed E-state index contributed by atoms with van der Waals surface area (Å²) in [4.78, 5) is 12.7. The molecule has 0 spiro atoms. The summed E-state index contributed by atoms with van der Waals surface area (Å²) in [7, 11) is 3.38. The Labute approximate surface area is 215 Å². The van der Waals surface area contributed by atoms with Crippen molar-refractivity contribution in [1.82, 2.24) is 0 Å². The van der Waals surface area contributed by atoms with Gasteiger partial charge in [0, 0.05) is 32.5 Å². The van der Waals surface area contributed by atoms with Crippen LogP contribution in [0.1, 0.15) is 56.3 Å². The van der Waals surface area contributed by atoms with Crippen LogP contribution in [0.2, 0.25) is 0 Å². The van der Waals surface area contributed by atoms with Gasteiger partial charge in [0.05, 0.1) is 10.4 Å². The van der Waals surface area contributed by atoms with Gasteiger partial charge in [-0.05, 0) is 42.4 Å². The maximum atomic E-state index is 12.9. The van der Waals surface area contributed by atoms with Crippen molar-refractivity contribution in [3.8, 4) is 12.3 Å². The minimum Gasteiger partial charge on any atom is -0.456 e. The number of carbonyl (C=O) groups excluding carboxylic acids is 1. The van der Waals surface area contributed by atoms with E-state index in [-0.39, 0.29) is 34.3 Å². The van der Waals surface area contributed by atoms with Gasteiger partial charge >= 0.3 is 5.97 Å². The summed E-state index contributed by atoms with van der Waals surface area (Å²) < 4.78 is 30.9. The smallest absolute Gasteiger partial charge is 0.338 e. The third-order valence-electron chi connectivity index (χ3n) is 8.91. The molecule has 1 saturated carbocycles. The highest BCUT2D eigenvalue weighted by molar-refractivity contribution is 9.09. The van der Waals surface area contributed by atoms with E-state index in [1.165, 1.54) is 11.1 Å². The van der Waals surface area contributed by atoms with Gasteiger partial charge in [-0.3, -0.25) is 0 Å². The van der Waals surface area contributed by atoms with E-state index in [0.29, 0.717) is 24.8 Å². The topological polar surface area (TPSA) is 63.2 Å². The Balaban J connectivity index is 1.53. The van der Waals surface area contributed by atoms with E-state index < -0.39 is 17.7 Å². The number of esters is 1. The molecule has 35 heavy (non-hydrogen) atoms. The second kappa shape index (κ2) is 8.71. The largest absolute Gasteiger partial charge is 0.456 e. The van der Waals surface area contributed by atoms with Crippen molar-refractivity contribution in [3.63, 3.8) is 0 Å². The van der Waals surface area contributed by atoms with E-state index in [9.17, 15) is 4.79 Å². The van der Waals surface area contributed by atoms with Gasteiger partial charge in [0.2, 0.25) is 0 Å². The molecule has 1 unspecified atom stereocenters. The van der Waals surface area contributed by atoms with Crippen molar-refractivity contribution >= 4 is 21.9 Å². The van der Waals surface area contributed by atoms with E-state index in [1.54, 1.807) is 26.4 Å². The SMILES string of the molecule is C#CCO[C@]1(OC)C[C@]2(C)CC[C@]3(C)C(=C2C1Br)C[C@H]1O[C@]3(OC)C[C@@H]1OC(=O)c1ccccc1. The van der Waals surface area contributed by atoms with E-state index in [2.05, 4.69) is 35.7 Å². The van der Waals surface area contributed by atoms with E-state index >= 15 is 0 Å². The normalized spacial score (nSPS) is 41.8. The molecule has 0 N–H and O–H groups in total. The summed E-state index contributed by atoms with van der Waals surface area (Å²) in [6.45, 7) is 4.69. The molecule has 188 valence electrons. The lowest BCUT2D eigenvalue weighted by atomic mass is 9.58. The van der Waals surface area contributed by atoms with Gasteiger partial charge in [-0.1, -0.05) is 59.5 Å². The average Bonchev–Trinajstić information content (AvgIpc) is 3.30. The Morgan fingerprint density at radius 2 is 1.94 bits per heavy atom. The lowest BCUT2D eigenvalue weighted by Gasteiger charge is -2.54. The minimum absolute atomic E-state index is 0.116. The molecule has 0 radical (unpaired) electrons. The zero-order valence-corrected chi connectivity index (χ0v) is 22.4. The molecule has 2 bridgehead atoms. The van der Waals surface area contributed by atoms with Crippen LogP contribution in [0.5, 0.6) is 0 Å². The summed E-state index contributed by atoms with van der Waals surface area (Å²) in [6.07, 6.45) is 8.51. The number of halogens is 1. The first kappa shape index (κ1) is 25.0. The predicted molar refractivity (Wildman–Crippen MR) is 134 cm³/mol. The third kappa shape index (κ3) is 3.56. The second-order valence-corrected chi connectivity index (χ2v) is 11.6. The quantitative estimate of drug-likeness (QED) is 0.165. The molecule has 0 amide bonds. The van der Waals surface area contributed by atoms with Crippen LogP contribution in [0.3, 0.4) is 0 Å². The summed E-state index contributed by atoms with van der Waals surface area (Å²) in [5.74, 6) is 0.531. The molecule has 2 heterocycles. The minimum atomic E-state index is -0.869. The fourth-order valence-electron chi connectivity index (χ4n) is 7.00. The number of hydrogen-bond acceptors (Lipinski definition) is 6. The molecule has 4 aliphatic rings. The van der Waals surface area contributed by atoms with E-state index in [4.69, 9.17) is 30.1 Å². The number of rotatable bonds is 6. The summed E-state index contributed by atoms with van der Waals surface area (Å²) in [6, 6.07) is 9.08. The fraction of sp³-hybridized carbons (Fsp3) is 0.607. The van der Waals surface area contributed by atoms with Crippen LogP contribution in [0, 0.1) is 23.2 Å². The molecule has 2 aliphatic heterocycles. The zero-order chi connectivity index (χ0) is 25.1. The maximum Gasteiger partial charge on any atom is 0.338 e. The molecule has 1 aromatic rings. The molecular formula is C28H33BrO6. The average molecular weight is 545 g/mol. The third-order valence-corrected chi connectivity index (χ3v) is 10.1. The van der Waals surface area contributed by atoms with E-state index in [0.717, 1.165) is 12.8 Å². The van der Waals surface area contributed by atoms with Gasteiger partial charge < -0.3 is 23.7 Å². The van der Waals surface area contributed by atoms with Crippen molar-refractivity contribution in [2.24, 2.45) is 10.8 Å². The number of terminal acetylenes is 1. The molecule has 5 rings (SSSR count). The van der Waals surface area contributed by atoms with Crippen molar-refractivity contribution in [2.75, 3.05) is 20.8 Å². The monoisotopic (exact) mass is 544 g/mol. The number of hydrogen-bond donors (Lipinski definition) is 0. The Hall–Kier alpha value is -1.69. The van der Waals surface area contributed by atoms with Gasteiger partial charge in [0.1, 0.15) is 18.8 Å². The van der Waals surface area contributed by atoms with Crippen LogP contribution in [0.15, 0.2) is 41.5 Å². The Morgan fingerprint density at radius 1 is 1.20 bits per heavy atom. The second-order valence-electron chi connectivity index (χ2n) is 10.7. The molecule has 3 fully saturated rings. The van der Waals surface area contributed by atoms with Crippen LogP contribution >= 0.6 is 15.9 Å². The zero-order valence-electron chi connectivity index (χ0n) is 20.8. The molecule has 7 heteroatoms. The van der Waals surface area contributed by atoms with Gasteiger partial charge in [-0.25, -0.2) is 4.79 Å². The van der Waals surface area contributed by atoms with Gasteiger partial charge in [0.15, 0.2) is 11.6 Å². The number of ether oxygens (including phenoxy) is 5. The Bertz CT molecular complexity index is 1080. The Morgan fingerprint density at radius 3 is 2.60 bits per heavy atom. The van der Waals surface area contributed by atoms with E-state index in [1.807, 2.05) is 18.2 Å². The highest BCUT2D eigenvalue weighted by Crippen LogP contribution is 2.68. The first-order valence-corrected chi connectivity index (χ1v) is 13.1. The maximum absolute atomic E-state index is 12.9. The van der Waals surface area contributed by atoms with Gasteiger partial charge in [-0.2, -0.15) is 0 Å². The highest BCUT2D eigenvalue weighted by atomic mass is 79.9. The molecular weight excluding hydrogens is 512 g/mol. The van der Waals surface area contributed by atoms with Gasteiger partial charge in [0.25, 0.3) is 0 Å². The predicted octanol–water partition coefficient (Wildman–Crippen LogP) is 5.01. The van der Waals surface area contributed by atoms with Crippen molar-refractivity contribution in [2.45, 2.75) is 74.6 Å². The van der Waals surface area contributed by atoms with Gasteiger partial charge in [-0.15, -0.1) is 6.42 Å². The van der Waals surface area contributed by atoms with Crippen LogP contribution in [-0.4, -0.2) is 55.4 Å². The molecule has 2 saturated heterocycles. The summed E-state index contributed by atoms with van der Waals surface area (Å²) in [5.41, 5.74) is 2.63. The van der Waals surface area contributed by atoms with Crippen LogP contribution in [-0.2, 0) is 23.7 Å². The fourth-order valence-corrected chi connectivity index (χ4v) is 8.31. The summed E-state index contributed by atoms with van der Waals surface area (Å²) in [5, 5.41) is 0. The number of carbonyl (C=O) groups is 1. The lowest BCUT2D eigenvalue weighted by molar-refractivity contribution is -0.283. The number of benzene rings is 1. The molecule has 1 aromatic carbocycles. The number of fused-ring (bicyclic) bond motifs is 5. The van der Waals surface area contributed by atoms with Crippen molar-refractivity contribution in [3.05, 3.63) is 47.0 Å². The first-order chi connectivity index (χ1) is 16.7. The molecule has 0 aromatic heterocycles. The van der Waals surface area contributed by atoms with Crippen molar-refractivity contribution < 1.29 is 28.5 Å². The molecule has 7 atom stereocenters. The van der Waals surface area contributed by atoms with Crippen LogP contribution in [0.4, 0.5) is 0 Å². The number of methoxy groups -OCH3 is 2. The standard InChI is InChI=1S/C28H33BrO6/c1-6-14-33-27(31-4)17-25(2)12-13-26(3)19(22(25)23(27)29)15-20-21(16-28(26,32-5)35-20)34-24(30)18-10-8-7-9-11-18/h1,7-11,20-21,23H,12-17H2,2-5H3/t20-,21+,23?,25+,26-,27-,28-/m1/s1. The highest BCUT2D eigenvalue weighted by Gasteiger charge is 2.69. The van der Waals surface area contributed by atoms with Crippen molar-refractivity contribution in [1.29, 1.82) is 0 Å². The molecule has 6 nitrogen and oxygen atoms in total. The van der Waals surface area contributed by atoms with Crippen LogP contribution in [0.25, 0.3) is 0 Å². The lowest BCUT2D eigenvalue weighted by Crippen LogP contribution is -2.55. The summed E-state index contributed by atoms with van der Waals surface area (Å²) >= 11 is 3.96. The first-order valence-electron chi connectivity index (χ1n) is 12.2. The van der Waals surface area contributed by atoms with Crippen LogP contribution < -0.4 is 0 Å². The molecule has 2 aliphatic carbocycles.